The fraction of sp³-hybridized carbons (Fsp3) is 0.529. The molecular formula is C17H22ClNO4. The molecule has 6 heteroatoms. The summed E-state index contributed by atoms with van der Waals surface area (Å²) < 4.78 is 5.40. The standard InChI is InChI=1S/C17H22ClNO4/c1-2-5-14(15(20)21)19-16(22)17(8-10-23-11-9-17)12-6-3-4-7-13(12)18/h3-4,6-7,14H,2,5,8-11H2,1H3,(H,19,22)(H,20,21). The highest BCUT2D eigenvalue weighted by Crippen LogP contribution is 2.39. The van der Waals surface area contributed by atoms with Crippen molar-refractivity contribution in [2.24, 2.45) is 0 Å². The van der Waals surface area contributed by atoms with E-state index in [4.69, 9.17) is 16.3 Å². The maximum absolute atomic E-state index is 13.0. The zero-order chi connectivity index (χ0) is 16.9. The Morgan fingerprint density at radius 1 is 1.35 bits per heavy atom. The SMILES string of the molecule is CCCC(NC(=O)C1(c2ccccc2Cl)CCOCC1)C(=O)O. The van der Waals surface area contributed by atoms with Gasteiger partial charge in [0.1, 0.15) is 6.04 Å². The van der Waals surface area contributed by atoms with Crippen LogP contribution in [0.2, 0.25) is 5.02 Å². The second-order valence-electron chi connectivity index (χ2n) is 5.83. The monoisotopic (exact) mass is 339 g/mol. The van der Waals surface area contributed by atoms with E-state index in [1.807, 2.05) is 25.1 Å². The lowest BCUT2D eigenvalue weighted by Gasteiger charge is -2.37. The van der Waals surface area contributed by atoms with Gasteiger partial charge < -0.3 is 15.2 Å². The van der Waals surface area contributed by atoms with Gasteiger partial charge in [-0.2, -0.15) is 0 Å². The fourth-order valence-electron chi connectivity index (χ4n) is 3.03. The summed E-state index contributed by atoms with van der Waals surface area (Å²) in [5.41, 5.74) is -0.0963. The molecule has 1 atom stereocenters. The molecule has 1 unspecified atom stereocenters. The minimum absolute atomic E-state index is 0.283. The molecule has 126 valence electrons. The molecule has 1 aliphatic rings. The zero-order valence-electron chi connectivity index (χ0n) is 13.2. The number of nitrogens with one attached hydrogen (secondary N) is 1. The number of carboxylic acid groups (broad SMARTS) is 1. The van der Waals surface area contributed by atoms with Gasteiger partial charge in [0.2, 0.25) is 5.91 Å². The van der Waals surface area contributed by atoms with Gasteiger partial charge in [0.25, 0.3) is 0 Å². The van der Waals surface area contributed by atoms with Gasteiger partial charge in [0.05, 0.1) is 5.41 Å². The van der Waals surface area contributed by atoms with Crippen molar-refractivity contribution in [3.8, 4) is 0 Å². The zero-order valence-corrected chi connectivity index (χ0v) is 13.9. The minimum atomic E-state index is -1.01. The number of carboxylic acids is 1. The van der Waals surface area contributed by atoms with Gasteiger partial charge in [-0.25, -0.2) is 4.79 Å². The Hall–Kier alpha value is -1.59. The van der Waals surface area contributed by atoms with Crippen LogP contribution in [-0.4, -0.2) is 36.2 Å². The van der Waals surface area contributed by atoms with Crippen LogP contribution in [0.25, 0.3) is 0 Å². The third kappa shape index (κ3) is 3.85. The summed E-state index contributed by atoms with van der Waals surface area (Å²) in [4.78, 5) is 24.3. The number of ether oxygens (including phenoxy) is 1. The number of carbonyl (C=O) groups is 2. The average Bonchev–Trinajstić information content (AvgIpc) is 2.55. The summed E-state index contributed by atoms with van der Waals surface area (Å²) in [6.45, 7) is 2.79. The molecule has 1 fully saturated rings. The first kappa shape index (κ1) is 17.8. The Kier molecular flexibility index (Phi) is 6.02. The van der Waals surface area contributed by atoms with E-state index in [1.165, 1.54) is 0 Å². The molecule has 1 heterocycles. The molecule has 1 aromatic carbocycles. The predicted molar refractivity (Wildman–Crippen MR) is 87.7 cm³/mol. The molecule has 2 rings (SSSR count). The third-order valence-electron chi connectivity index (χ3n) is 4.35. The van der Waals surface area contributed by atoms with Gasteiger partial charge in [-0.3, -0.25) is 4.79 Å². The molecule has 1 aliphatic heterocycles. The summed E-state index contributed by atoms with van der Waals surface area (Å²) in [7, 11) is 0. The summed E-state index contributed by atoms with van der Waals surface area (Å²) >= 11 is 6.31. The van der Waals surface area contributed by atoms with Gasteiger partial charge in [-0.1, -0.05) is 43.1 Å². The number of hydrogen-bond donors (Lipinski definition) is 2. The highest BCUT2D eigenvalue weighted by atomic mass is 35.5. The number of carbonyl (C=O) groups excluding carboxylic acids is 1. The molecule has 0 aliphatic carbocycles. The number of aliphatic carboxylic acids is 1. The molecule has 23 heavy (non-hydrogen) atoms. The maximum Gasteiger partial charge on any atom is 0.326 e. The minimum Gasteiger partial charge on any atom is -0.480 e. The number of benzene rings is 1. The van der Waals surface area contributed by atoms with Crippen molar-refractivity contribution in [2.75, 3.05) is 13.2 Å². The largest absolute Gasteiger partial charge is 0.480 e. The van der Waals surface area contributed by atoms with Gasteiger partial charge >= 0.3 is 5.97 Å². The second kappa shape index (κ2) is 7.79. The molecule has 0 radical (unpaired) electrons. The smallest absolute Gasteiger partial charge is 0.326 e. The van der Waals surface area contributed by atoms with E-state index in [2.05, 4.69) is 5.32 Å². The second-order valence-corrected chi connectivity index (χ2v) is 6.23. The molecule has 0 saturated carbocycles. The van der Waals surface area contributed by atoms with Crippen LogP contribution in [0, 0.1) is 0 Å². The Labute approximate surface area is 141 Å². The van der Waals surface area contributed by atoms with Crippen molar-refractivity contribution in [3.63, 3.8) is 0 Å². The van der Waals surface area contributed by atoms with Crippen LogP contribution in [0.4, 0.5) is 0 Å². The van der Waals surface area contributed by atoms with Crippen molar-refractivity contribution in [1.29, 1.82) is 0 Å². The first-order valence-electron chi connectivity index (χ1n) is 7.88. The van der Waals surface area contributed by atoms with E-state index in [-0.39, 0.29) is 5.91 Å². The van der Waals surface area contributed by atoms with Crippen molar-refractivity contribution < 1.29 is 19.4 Å². The molecule has 5 nitrogen and oxygen atoms in total. The van der Waals surface area contributed by atoms with Gasteiger partial charge in [-0.05, 0) is 30.9 Å². The van der Waals surface area contributed by atoms with E-state index < -0.39 is 17.4 Å². The first-order valence-corrected chi connectivity index (χ1v) is 8.25. The first-order chi connectivity index (χ1) is 11.0. The molecular weight excluding hydrogens is 318 g/mol. The Morgan fingerprint density at radius 3 is 2.57 bits per heavy atom. The molecule has 1 aromatic rings. The quantitative estimate of drug-likeness (QED) is 0.835. The lowest BCUT2D eigenvalue weighted by Crippen LogP contribution is -2.53. The van der Waals surface area contributed by atoms with Crippen LogP contribution < -0.4 is 5.32 Å². The maximum atomic E-state index is 13.0. The highest BCUT2D eigenvalue weighted by molar-refractivity contribution is 6.31. The Balaban J connectivity index is 2.33. The molecule has 0 aromatic heterocycles. The number of rotatable bonds is 6. The molecule has 1 amide bonds. The van der Waals surface area contributed by atoms with Crippen molar-refractivity contribution in [1.82, 2.24) is 5.32 Å². The van der Waals surface area contributed by atoms with Crippen LogP contribution in [0.5, 0.6) is 0 Å². The lowest BCUT2D eigenvalue weighted by atomic mass is 9.73. The van der Waals surface area contributed by atoms with Crippen LogP contribution in [0.3, 0.4) is 0 Å². The molecule has 1 saturated heterocycles. The third-order valence-corrected chi connectivity index (χ3v) is 4.68. The lowest BCUT2D eigenvalue weighted by molar-refractivity contribution is -0.143. The Morgan fingerprint density at radius 2 is 2.00 bits per heavy atom. The fourth-order valence-corrected chi connectivity index (χ4v) is 3.35. The summed E-state index contributed by atoms with van der Waals surface area (Å²) in [6, 6.07) is 6.36. The van der Waals surface area contributed by atoms with E-state index >= 15 is 0 Å². The predicted octanol–water partition coefficient (Wildman–Crippen LogP) is 2.76. The molecule has 2 N–H and O–H groups in total. The van der Waals surface area contributed by atoms with E-state index in [0.717, 1.165) is 5.56 Å². The van der Waals surface area contributed by atoms with Gasteiger partial charge in [-0.15, -0.1) is 0 Å². The van der Waals surface area contributed by atoms with Crippen LogP contribution in [0.1, 0.15) is 38.2 Å². The number of amides is 1. The summed E-state index contributed by atoms with van der Waals surface area (Å²) in [5, 5.41) is 12.5. The van der Waals surface area contributed by atoms with E-state index in [1.54, 1.807) is 6.07 Å². The molecule has 0 spiro atoms. The van der Waals surface area contributed by atoms with Gasteiger partial charge in [0, 0.05) is 18.2 Å². The number of halogens is 1. The van der Waals surface area contributed by atoms with Crippen LogP contribution in [-0.2, 0) is 19.7 Å². The summed E-state index contributed by atoms with van der Waals surface area (Å²) in [6.07, 6.45) is 2.05. The van der Waals surface area contributed by atoms with Crippen LogP contribution >= 0.6 is 11.6 Å². The number of hydrogen-bond acceptors (Lipinski definition) is 3. The van der Waals surface area contributed by atoms with Crippen molar-refractivity contribution in [3.05, 3.63) is 34.9 Å². The van der Waals surface area contributed by atoms with Crippen molar-refractivity contribution >= 4 is 23.5 Å². The van der Waals surface area contributed by atoms with Crippen LogP contribution in [0.15, 0.2) is 24.3 Å². The Bertz CT molecular complexity index is 569. The highest BCUT2D eigenvalue weighted by Gasteiger charge is 2.44. The normalized spacial score (nSPS) is 18.2. The van der Waals surface area contributed by atoms with E-state index in [9.17, 15) is 14.7 Å². The van der Waals surface area contributed by atoms with Crippen molar-refractivity contribution in [2.45, 2.75) is 44.1 Å². The summed E-state index contributed by atoms with van der Waals surface area (Å²) in [5.74, 6) is -1.30. The molecule has 0 bridgehead atoms. The topological polar surface area (TPSA) is 75.6 Å². The van der Waals surface area contributed by atoms with E-state index in [0.29, 0.717) is 43.9 Å². The average molecular weight is 340 g/mol. The van der Waals surface area contributed by atoms with Gasteiger partial charge in [0.15, 0.2) is 0 Å².